The molecule has 0 radical (unpaired) electrons. The fraction of sp³-hybridized carbons (Fsp3) is 0.240. The lowest BCUT2D eigenvalue weighted by Gasteiger charge is -2.37. The first-order chi connectivity index (χ1) is 17.4. The second kappa shape index (κ2) is 10.4. The minimum Gasteiger partial charge on any atom is -0.478 e. The van der Waals surface area contributed by atoms with Crippen LogP contribution in [0.25, 0.3) is 0 Å². The number of aliphatic hydroxyl groups is 1. The van der Waals surface area contributed by atoms with E-state index in [1.54, 1.807) is 6.92 Å². The van der Waals surface area contributed by atoms with Crippen molar-refractivity contribution in [2.45, 2.75) is 30.3 Å². The number of benzene rings is 2. The Morgan fingerprint density at radius 3 is 2.38 bits per heavy atom. The smallest absolute Gasteiger partial charge is 0.337 e. The van der Waals surface area contributed by atoms with E-state index in [-0.39, 0.29) is 52.5 Å². The Morgan fingerprint density at radius 1 is 1.14 bits per heavy atom. The maximum atomic E-state index is 13.4. The summed E-state index contributed by atoms with van der Waals surface area (Å²) >= 11 is 4.35. The molecule has 3 aromatic rings. The number of piperidine rings is 1. The number of rotatable bonds is 6. The van der Waals surface area contributed by atoms with Crippen molar-refractivity contribution in [2.75, 3.05) is 18.4 Å². The minimum absolute atomic E-state index is 0.00443. The number of hydrogen-bond donors (Lipinski definition) is 3. The number of carboxylic acids is 1. The van der Waals surface area contributed by atoms with Crippen molar-refractivity contribution < 1.29 is 28.2 Å². The van der Waals surface area contributed by atoms with Crippen LogP contribution in [-0.2, 0) is 15.6 Å². The van der Waals surface area contributed by atoms with Crippen molar-refractivity contribution in [3.8, 4) is 6.07 Å². The molecular weight excluding hydrogens is 582 g/mol. The van der Waals surface area contributed by atoms with Crippen molar-refractivity contribution in [3.63, 3.8) is 0 Å². The van der Waals surface area contributed by atoms with Gasteiger partial charge in [0.15, 0.2) is 0 Å². The Balaban J connectivity index is 1.52. The largest absolute Gasteiger partial charge is 0.478 e. The van der Waals surface area contributed by atoms with Gasteiger partial charge in [-0.1, -0.05) is 28.1 Å². The third-order valence-electron chi connectivity index (χ3n) is 6.27. The summed E-state index contributed by atoms with van der Waals surface area (Å²) in [6.07, 6.45) is 0.447. The lowest BCUT2D eigenvalue weighted by atomic mass is 9.85. The molecule has 2 aromatic carbocycles. The van der Waals surface area contributed by atoms with Crippen LogP contribution in [0.15, 0.2) is 57.9 Å². The Morgan fingerprint density at radius 2 is 1.78 bits per heavy atom. The fourth-order valence-corrected chi connectivity index (χ4v) is 7.36. The zero-order valence-corrected chi connectivity index (χ0v) is 22.8. The molecule has 0 spiro atoms. The summed E-state index contributed by atoms with van der Waals surface area (Å²) in [4.78, 5) is 24.9. The van der Waals surface area contributed by atoms with Gasteiger partial charge in [0.25, 0.3) is 5.91 Å². The normalized spacial score (nSPS) is 15.6. The Bertz CT molecular complexity index is 1520. The van der Waals surface area contributed by atoms with Crippen LogP contribution in [0.5, 0.6) is 0 Å². The molecule has 0 bridgehead atoms. The monoisotopic (exact) mass is 603 g/mol. The first-order valence-electron chi connectivity index (χ1n) is 11.1. The van der Waals surface area contributed by atoms with Crippen molar-refractivity contribution >= 4 is 54.9 Å². The molecule has 1 saturated heterocycles. The molecule has 0 saturated carbocycles. The van der Waals surface area contributed by atoms with Gasteiger partial charge in [-0.15, -0.1) is 11.3 Å². The van der Waals surface area contributed by atoms with Crippen molar-refractivity contribution in [1.29, 1.82) is 5.26 Å². The minimum atomic E-state index is -3.93. The molecular formula is C25H22BrN3O6S2. The number of aromatic carboxylic acids is 1. The van der Waals surface area contributed by atoms with Gasteiger partial charge in [-0.3, -0.25) is 4.79 Å². The van der Waals surface area contributed by atoms with Gasteiger partial charge in [-0.05, 0) is 61.7 Å². The van der Waals surface area contributed by atoms with Crippen LogP contribution in [-0.4, -0.2) is 47.9 Å². The number of hydrogen-bond acceptors (Lipinski definition) is 7. The molecule has 1 aromatic heterocycles. The van der Waals surface area contributed by atoms with Crippen molar-refractivity contribution in [2.24, 2.45) is 0 Å². The van der Waals surface area contributed by atoms with Gasteiger partial charge in [-0.2, -0.15) is 9.57 Å². The average molecular weight is 605 g/mol. The topological polar surface area (TPSA) is 148 Å². The summed E-state index contributed by atoms with van der Waals surface area (Å²) in [5.41, 5.74) is -0.536. The quantitative estimate of drug-likeness (QED) is 0.380. The van der Waals surface area contributed by atoms with Crippen LogP contribution in [0.4, 0.5) is 5.69 Å². The van der Waals surface area contributed by atoms with Crippen LogP contribution < -0.4 is 5.32 Å². The summed E-state index contributed by atoms with van der Waals surface area (Å²) in [5, 5.41) is 32.0. The standard InChI is InChI=1S/C25H22BrN3O6S2/c1-15-22(13-21(36-15)23(30)28-20-7-2-16(14-27)12-19(20)24(31)32)37(34,35)29-10-8-25(33,9-11-29)17-3-5-18(26)6-4-17/h2-7,12-13,33H,8-11H2,1H3,(H,28,30)(H,31,32). The highest BCUT2D eigenvalue weighted by Gasteiger charge is 2.39. The average Bonchev–Trinajstić information content (AvgIpc) is 3.27. The van der Waals surface area contributed by atoms with Crippen LogP contribution >= 0.6 is 27.3 Å². The van der Waals surface area contributed by atoms with E-state index in [4.69, 9.17) is 5.26 Å². The Labute approximate surface area is 226 Å². The molecule has 1 aliphatic rings. The molecule has 3 N–H and O–H groups in total. The van der Waals surface area contributed by atoms with Gasteiger partial charge in [0.05, 0.1) is 38.3 Å². The summed E-state index contributed by atoms with van der Waals surface area (Å²) < 4.78 is 29.0. The van der Waals surface area contributed by atoms with Crippen LogP contribution in [0.2, 0.25) is 0 Å². The number of thiophene rings is 1. The number of carbonyl (C=O) groups excluding carboxylic acids is 1. The third-order valence-corrected chi connectivity index (χ3v) is 10.0. The molecule has 192 valence electrons. The first kappa shape index (κ1) is 27.0. The molecule has 2 heterocycles. The highest BCUT2D eigenvalue weighted by Crippen LogP contribution is 2.37. The predicted molar refractivity (Wildman–Crippen MR) is 141 cm³/mol. The number of nitriles is 1. The fourth-order valence-electron chi connectivity index (χ4n) is 4.20. The van der Waals surface area contributed by atoms with Gasteiger partial charge < -0.3 is 15.5 Å². The molecule has 12 heteroatoms. The lowest BCUT2D eigenvalue weighted by molar-refractivity contribution is -0.00963. The van der Waals surface area contributed by atoms with E-state index in [2.05, 4.69) is 21.2 Å². The number of carbonyl (C=O) groups is 2. The van der Waals surface area contributed by atoms with Gasteiger partial charge in [0.2, 0.25) is 10.0 Å². The molecule has 0 atom stereocenters. The molecule has 9 nitrogen and oxygen atoms in total. The molecule has 0 unspecified atom stereocenters. The second-order valence-electron chi connectivity index (χ2n) is 8.61. The van der Waals surface area contributed by atoms with Crippen LogP contribution in [0.1, 0.15) is 48.9 Å². The van der Waals surface area contributed by atoms with E-state index < -0.39 is 27.5 Å². The molecule has 1 aliphatic heterocycles. The van der Waals surface area contributed by atoms with Crippen LogP contribution in [0.3, 0.4) is 0 Å². The number of nitrogens with one attached hydrogen (secondary N) is 1. The highest BCUT2D eigenvalue weighted by molar-refractivity contribution is 9.10. The number of carboxylic acid groups (broad SMARTS) is 1. The number of aryl methyl sites for hydroxylation is 1. The number of sulfonamides is 1. The van der Waals surface area contributed by atoms with Gasteiger partial charge in [0.1, 0.15) is 0 Å². The van der Waals surface area contributed by atoms with Gasteiger partial charge >= 0.3 is 5.97 Å². The molecule has 4 rings (SSSR count). The van der Waals surface area contributed by atoms with Crippen LogP contribution in [0, 0.1) is 18.3 Å². The van der Waals surface area contributed by atoms with E-state index in [1.165, 1.54) is 22.5 Å². The Kier molecular flexibility index (Phi) is 7.55. The molecule has 1 fully saturated rings. The third kappa shape index (κ3) is 5.46. The van der Waals surface area contributed by atoms with Gasteiger partial charge in [-0.25, -0.2) is 13.2 Å². The summed E-state index contributed by atoms with van der Waals surface area (Å²) in [5.74, 6) is -1.98. The predicted octanol–water partition coefficient (Wildman–Crippen LogP) is 4.31. The maximum absolute atomic E-state index is 13.4. The molecule has 1 amide bonds. The Hall–Kier alpha value is -3.08. The van der Waals surface area contributed by atoms with Crippen molar-refractivity contribution in [1.82, 2.24) is 4.31 Å². The van der Waals surface area contributed by atoms with E-state index in [0.29, 0.717) is 4.88 Å². The summed E-state index contributed by atoms with van der Waals surface area (Å²) in [7, 11) is -3.93. The zero-order valence-electron chi connectivity index (χ0n) is 19.6. The first-order valence-corrected chi connectivity index (χ1v) is 14.2. The highest BCUT2D eigenvalue weighted by atomic mass is 79.9. The van der Waals surface area contributed by atoms with Gasteiger partial charge in [0, 0.05) is 22.4 Å². The van der Waals surface area contributed by atoms with E-state index in [0.717, 1.165) is 27.4 Å². The van der Waals surface area contributed by atoms with E-state index in [9.17, 15) is 28.2 Å². The number of anilines is 1. The number of halogens is 1. The molecule has 37 heavy (non-hydrogen) atoms. The number of amides is 1. The van der Waals surface area contributed by atoms with Crippen molar-refractivity contribution in [3.05, 3.63) is 79.4 Å². The maximum Gasteiger partial charge on any atom is 0.337 e. The summed E-state index contributed by atoms with van der Waals surface area (Å²) in [6.45, 7) is 1.82. The molecule has 0 aliphatic carbocycles. The second-order valence-corrected chi connectivity index (χ2v) is 12.7. The zero-order chi connectivity index (χ0) is 27.0. The SMILES string of the molecule is Cc1sc(C(=O)Nc2ccc(C#N)cc2C(=O)O)cc1S(=O)(=O)N1CCC(O)(c2ccc(Br)cc2)CC1. The van der Waals surface area contributed by atoms with E-state index >= 15 is 0 Å². The number of nitrogens with zero attached hydrogens (tertiary/aromatic N) is 2. The van der Waals surface area contributed by atoms with E-state index in [1.807, 2.05) is 30.3 Å². The lowest BCUT2D eigenvalue weighted by Crippen LogP contribution is -2.45. The summed E-state index contributed by atoms with van der Waals surface area (Å²) in [6, 6.07) is 14.3.